The normalized spacial score (nSPS) is 11.9. The molecule has 0 bridgehead atoms. The van der Waals surface area contributed by atoms with Crippen molar-refractivity contribution in [1.29, 1.82) is 0 Å². The Labute approximate surface area is 121 Å². The molecule has 0 saturated carbocycles. The van der Waals surface area contributed by atoms with Crippen LogP contribution in [0.25, 0.3) is 0 Å². The number of nitrogens with one attached hydrogen (secondary N) is 2. The molecule has 0 aliphatic rings. The van der Waals surface area contributed by atoms with E-state index in [9.17, 15) is 8.42 Å². The van der Waals surface area contributed by atoms with Crippen LogP contribution in [0.2, 0.25) is 4.34 Å². The number of sulfonamides is 1. The molecule has 0 aromatic carbocycles. The van der Waals surface area contributed by atoms with E-state index >= 15 is 0 Å². The highest BCUT2D eigenvalue weighted by Gasteiger charge is 2.21. The number of aromatic nitrogens is 2. The predicted molar refractivity (Wildman–Crippen MR) is 76.3 cm³/mol. The summed E-state index contributed by atoms with van der Waals surface area (Å²) in [6.07, 6.45) is 0.618. The Balaban J connectivity index is 2.03. The molecule has 0 aliphatic carbocycles. The van der Waals surface area contributed by atoms with Gasteiger partial charge in [-0.25, -0.2) is 13.1 Å². The Bertz CT molecular complexity index is 656. The molecule has 2 heterocycles. The summed E-state index contributed by atoms with van der Waals surface area (Å²) in [7, 11) is -3.51. The Morgan fingerprint density at radius 1 is 1.42 bits per heavy atom. The van der Waals surface area contributed by atoms with E-state index < -0.39 is 10.0 Å². The van der Waals surface area contributed by atoms with Gasteiger partial charge in [-0.2, -0.15) is 5.10 Å². The lowest BCUT2D eigenvalue weighted by molar-refractivity contribution is 0.580. The highest BCUT2D eigenvalue weighted by atomic mass is 35.5. The maximum atomic E-state index is 12.1. The number of H-pyrrole nitrogens is 1. The van der Waals surface area contributed by atoms with E-state index in [1.807, 2.05) is 6.07 Å². The zero-order chi connectivity index (χ0) is 14.0. The van der Waals surface area contributed by atoms with Gasteiger partial charge in [-0.3, -0.25) is 5.10 Å². The minimum absolute atomic E-state index is 0.233. The third-order valence-corrected chi connectivity index (χ3v) is 5.64. The van der Waals surface area contributed by atoms with Crippen LogP contribution in [0.1, 0.15) is 16.3 Å². The number of thiophene rings is 1. The fraction of sp³-hybridized carbons (Fsp3) is 0.364. The van der Waals surface area contributed by atoms with Crippen molar-refractivity contribution in [3.63, 3.8) is 0 Å². The van der Waals surface area contributed by atoms with Gasteiger partial charge in [-0.1, -0.05) is 11.6 Å². The molecule has 2 aromatic rings. The maximum Gasteiger partial charge on any atom is 0.244 e. The third-order valence-electron chi connectivity index (χ3n) is 2.62. The smallest absolute Gasteiger partial charge is 0.244 e. The Hall–Kier alpha value is -0.890. The zero-order valence-corrected chi connectivity index (χ0v) is 12.9. The predicted octanol–water partition coefficient (Wildman–Crippen LogP) is 2.26. The van der Waals surface area contributed by atoms with Gasteiger partial charge in [0.2, 0.25) is 10.0 Å². The van der Waals surface area contributed by atoms with Gasteiger partial charge in [-0.05, 0) is 32.4 Å². The first-order valence-corrected chi connectivity index (χ1v) is 8.33. The number of aryl methyl sites for hydroxylation is 2. The molecule has 2 N–H and O–H groups in total. The maximum absolute atomic E-state index is 12.1. The molecule has 0 aliphatic heterocycles. The van der Waals surface area contributed by atoms with E-state index in [4.69, 9.17) is 11.6 Å². The molecule has 5 nitrogen and oxygen atoms in total. The zero-order valence-electron chi connectivity index (χ0n) is 10.5. The lowest BCUT2D eigenvalue weighted by Gasteiger charge is -2.05. The fourth-order valence-corrected chi connectivity index (χ4v) is 4.29. The molecule has 0 spiro atoms. The molecule has 104 valence electrons. The summed E-state index contributed by atoms with van der Waals surface area (Å²) in [6.45, 7) is 3.69. The first kappa shape index (κ1) is 14.5. The average Bonchev–Trinajstić information content (AvgIpc) is 2.86. The minimum atomic E-state index is -3.51. The second-order valence-electron chi connectivity index (χ2n) is 4.12. The molecule has 0 amide bonds. The first-order chi connectivity index (χ1) is 8.90. The van der Waals surface area contributed by atoms with Gasteiger partial charge in [0.1, 0.15) is 4.90 Å². The van der Waals surface area contributed by atoms with Crippen molar-refractivity contribution in [2.45, 2.75) is 25.2 Å². The van der Waals surface area contributed by atoms with Gasteiger partial charge in [-0.15, -0.1) is 11.3 Å². The van der Waals surface area contributed by atoms with Crippen molar-refractivity contribution in [3.05, 3.63) is 32.7 Å². The van der Waals surface area contributed by atoms with Crippen LogP contribution in [-0.2, 0) is 16.4 Å². The molecule has 0 unspecified atom stereocenters. The van der Waals surface area contributed by atoms with Crippen LogP contribution in [0.4, 0.5) is 0 Å². The molecule has 19 heavy (non-hydrogen) atoms. The van der Waals surface area contributed by atoms with Crippen LogP contribution in [0, 0.1) is 13.8 Å². The number of aromatic amines is 1. The van der Waals surface area contributed by atoms with Crippen LogP contribution < -0.4 is 4.72 Å². The standard InChI is InChI=1S/C11H14ClN3O2S2/c1-7-11(8(2)15-14-7)19(16,17)13-6-5-9-3-4-10(12)18-9/h3-4,13H,5-6H2,1-2H3,(H,14,15). The largest absolute Gasteiger partial charge is 0.281 e. The van der Waals surface area contributed by atoms with Gasteiger partial charge >= 0.3 is 0 Å². The van der Waals surface area contributed by atoms with Crippen molar-refractivity contribution in [2.75, 3.05) is 6.54 Å². The number of hydrogen-bond acceptors (Lipinski definition) is 4. The van der Waals surface area contributed by atoms with Crippen LogP contribution in [0.15, 0.2) is 17.0 Å². The van der Waals surface area contributed by atoms with Crippen molar-refractivity contribution in [1.82, 2.24) is 14.9 Å². The lowest BCUT2D eigenvalue weighted by atomic mass is 10.3. The number of hydrogen-bond donors (Lipinski definition) is 2. The van der Waals surface area contributed by atoms with Gasteiger partial charge in [0, 0.05) is 11.4 Å². The molecule has 8 heteroatoms. The van der Waals surface area contributed by atoms with E-state index in [-0.39, 0.29) is 4.90 Å². The molecular weight excluding hydrogens is 306 g/mol. The fourth-order valence-electron chi connectivity index (χ4n) is 1.80. The van der Waals surface area contributed by atoms with Crippen LogP contribution in [0.3, 0.4) is 0 Å². The van der Waals surface area contributed by atoms with Gasteiger partial charge < -0.3 is 0 Å². The molecule has 2 rings (SSSR count). The summed E-state index contributed by atoms with van der Waals surface area (Å²) in [5, 5.41) is 6.56. The van der Waals surface area contributed by atoms with E-state index in [0.717, 1.165) is 4.88 Å². The second-order valence-corrected chi connectivity index (χ2v) is 7.62. The Morgan fingerprint density at radius 2 is 2.16 bits per heavy atom. The number of halogens is 1. The van der Waals surface area contributed by atoms with Crippen molar-refractivity contribution < 1.29 is 8.42 Å². The number of rotatable bonds is 5. The van der Waals surface area contributed by atoms with E-state index in [0.29, 0.717) is 28.7 Å². The Morgan fingerprint density at radius 3 is 2.68 bits per heavy atom. The third kappa shape index (κ3) is 3.36. The Kier molecular flexibility index (Phi) is 4.29. The summed E-state index contributed by atoms with van der Waals surface area (Å²) >= 11 is 7.27. The first-order valence-electron chi connectivity index (χ1n) is 5.65. The van der Waals surface area contributed by atoms with Crippen LogP contribution >= 0.6 is 22.9 Å². The molecule has 0 radical (unpaired) electrons. The van der Waals surface area contributed by atoms with Crippen molar-refractivity contribution in [2.24, 2.45) is 0 Å². The number of nitrogens with zero attached hydrogens (tertiary/aromatic N) is 1. The van der Waals surface area contributed by atoms with Gasteiger partial charge in [0.15, 0.2) is 0 Å². The van der Waals surface area contributed by atoms with Gasteiger partial charge in [0.25, 0.3) is 0 Å². The molecule has 2 aromatic heterocycles. The van der Waals surface area contributed by atoms with Crippen molar-refractivity contribution in [3.8, 4) is 0 Å². The molecule has 0 saturated heterocycles. The highest BCUT2D eigenvalue weighted by molar-refractivity contribution is 7.89. The second kappa shape index (κ2) is 5.62. The summed E-state index contributed by atoms with van der Waals surface area (Å²) < 4.78 is 27.6. The molecule has 0 fully saturated rings. The highest BCUT2D eigenvalue weighted by Crippen LogP contribution is 2.22. The summed E-state index contributed by atoms with van der Waals surface area (Å²) in [4.78, 5) is 1.28. The van der Waals surface area contributed by atoms with E-state index in [1.165, 1.54) is 11.3 Å². The summed E-state index contributed by atoms with van der Waals surface area (Å²) in [5.41, 5.74) is 1.02. The lowest BCUT2D eigenvalue weighted by Crippen LogP contribution is -2.26. The molecular formula is C11H14ClN3O2S2. The van der Waals surface area contributed by atoms with E-state index in [1.54, 1.807) is 19.9 Å². The van der Waals surface area contributed by atoms with E-state index in [2.05, 4.69) is 14.9 Å². The monoisotopic (exact) mass is 319 g/mol. The summed E-state index contributed by atoms with van der Waals surface area (Å²) in [5.74, 6) is 0. The van der Waals surface area contributed by atoms with Crippen molar-refractivity contribution >= 4 is 33.0 Å². The quantitative estimate of drug-likeness (QED) is 0.887. The minimum Gasteiger partial charge on any atom is -0.281 e. The van der Waals surface area contributed by atoms with Crippen LogP contribution in [0.5, 0.6) is 0 Å². The summed E-state index contributed by atoms with van der Waals surface area (Å²) in [6, 6.07) is 3.70. The van der Waals surface area contributed by atoms with Gasteiger partial charge in [0.05, 0.1) is 15.7 Å². The molecule has 0 atom stereocenters. The van der Waals surface area contributed by atoms with Crippen LogP contribution in [-0.4, -0.2) is 25.2 Å². The average molecular weight is 320 g/mol. The SMILES string of the molecule is Cc1n[nH]c(C)c1S(=O)(=O)NCCc1ccc(Cl)s1. The topological polar surface area (TPSA) is 74.8 Å².